The van der Waals surface area contributed by atoms with Crippen LogP contribution in [-0.2, 0) is 14.3 Å². The Labute approximate surface area is 102 Å². The van der Waals surface area contributed by atoms with Crippen molar-refractivity contribution >= 4 is 11.9 Å². The fourth-order valence-corrected chi connectivity index (χ4v) is 1.48. The molecule has 0 heterocycles. The van der Waals surface area contributed by atoms with E-state index in [9.17, 15) is 9.59 Å². The van der Waals surface area contributed by atoms with Crippen LogP contribution in [0.25, 0.3) is 0 Å². The second-order valence-corrected chi connectivity index (χ2v) is 4.11. The average molecular weight is 246 g/mol. The SMILES string of the molecule is CCCCC(CC)CC(=O)OC(=O)C(O)CO. The fourth-order valence-electron chi connectivity index (χ4n) is 1.48. The number of unbranched alkanes of at least 4 members (excludes halogenated alkanes) is 1. The predicted molar refractivity (Wildman–Crippen MR) is 62.1 cm³/mol. The summed E-state index contributed by atoms with van der Waals surface area (Å²) in [6, 6.07) is 0. The monoisotopic (exact) mass is 246 g/mol. The quantitative estimate of drug-likeness (QED) is 0.493. The molecule has 0 aromatic carbocycles. The Balaban J connectivity index is 4.01. The zero-order chi connectivity index (χ0) is 13.3. The highest BCUT2D eigenvalue weighted by atomic mass is 16.6. The van der Waals surface area contributed by atoms with Gasteiger partial charge in [0.25, 0.3) is 0 Å². The number of carbonyl (C=O) groups is 2. The minimum absolute atomic E-state index is 0.181. The van der Waals surface area contributed by atoms with Crippen LogP contribution in [0, 0.1) is 5.92 Å². The normalized spacial score (nSPS) is 14.1. The largest absolute Gasteiger partial charge is 0.393 e. The van der Waals surface area contributed by atoms with E-state index in [4.69, 9.17) is 10.2 Å². The minimum atomic E-state index is -1.63. The van der Waals surface area contributed by atoms with Crippen molar-refractivity contribution in [2.45, 2.75) is 52.1 Å². The van der Waals surface area contributed by atoms with E-state index in [0.29, 0.717) is 0 Å². The highest BCUT2D eigenvalue weighted by Gasteiger charge is 2.21. The summed E-state index contributed by atoms with van der Waals surface area (Å²) in [6.07, 6.45) is 2.44. The zero-order valence-corrected chi connectivity index (χ0v) is 10.5. The third kappa shape index (κ3) is 7.07. The van der Waals surface area contributed by atoms with Gasteiger partial charge in [-0.2, -0.15) is 0 Å². The summed E-state index contributed by atoms with van der Waals surface area (Å²) in [4.78, 5) is 22.4. The van der Waals surface area contributed by atoms with E-state index in [1.165, 1.54) is 0 Å². The molecule has 100 valence electrons. The van der Waals surface area contributed by atoms with Crippen LogP contribution in [0.3, 0.4) is 0 Å². The molecule has 0 aromatic heterocycles. The number of rotatable bonds is 8. The lowest BCUT2D eigenvalue weighted by atomic mass is 9.96. The highest BCUT2D eigenvalue weighted by molar-refractivity contribution is 5.87. The average Bonchev–Trinajstić information content (AvgIpc) is 2.32. The highest BCUT2D eigenvalue weighted by Crippen LogP contribution is 2.17. The predicted octanol–water partition coefficient (Wildman–Crippen LogP) is 1.02. The molecule has 0 saturated carbocycles. The van der Waals surface area contributed by atoms with Crippen LogP contribution in [0.2, 0.25) is 0 Å². The molecule has 5 nitrogen and oxygen atoms in total. The van der Waals surface area contributed by atoms with E-state index >= 15 is 0 Å². The number of aliphatic hydroxyl groups excluding tert-OH is 2. The van der Waals surface area contributed by atoms with Gasteiger partial charge < -0.3 is 14.9 Å². The third-order valence-corrected chi connectivity index (χ3v) is 2.66. The standard InChI is InChI=1S/C12H22O5/c1-3-5-6-9(4-2)7-11(15)17-12(16)10(14)8-13/h9-10,13-14H,3-8H2,1-2H3. The molecular formula is C12H22O5. The van der Waals surface area contributed by atoms with Gasteiger partial charge >= 0.3 is 11.9 Å². The Kier molecular flexibility index (Phi) is 8.62. The van der Waals surface area contributed by atoms with Crippen molar-refractivity contribution in [2.75, 3.05) is 6.61 Å². The van der Waals surface area contributed by atoms with E-state index in [2.05, 4.69) is 11.7 Å². The van der Waals surface area contributed by atoms with Crippen molar-refractivity contribution in [1.82, 2.24) is 0 Å². The fraction of sp³-hybridized carbons (Fsp3) is 0.833. The van der Waals surface area contributed by atoms with Gasteiger partial charge in [0.2, 0.25) is 0 Å². The van der Waals surface area contributed by atoms with Crippen LogP contribution in [0.1, 0.15) is 46.0 Å². The molecule has 5 heteroatoms. The minimum Gasteiger partial charge on any atom is -0.393 e. The van der Waals surface area contributed by atoms with E-state index in [-0.39, 0.29) is 12.3 Å². The van der Waals surface area contributed by atoms with Crippen LogP contribution in [0.15, 0.2) is 0 Å². The van der Waals surface area contributed by atoms with E-state index < -0.39 is 24.6 Å². The van der Waals surface area contributed by atoms with Crippen LogP contribution in [0.5, 0.6) is 0 Å². The van der Waals surface area contributed by atoms with Crippen molar-refractivity contribution in [2.24, 2.45) is 5.92 Å². The Morgan fingerprint density at radius 3 is 2.41 bits per heavy atom. The van der Waals surface area contributed by atoms with Crippen molar-refractivity contribution in [3.8, 4) is 0 Å². The Morgan fingerprint density at radius 1 is 1.29 bits per heavy atom. The molecule has 2 atom stereocenters. The van der Waals surface area contributed by atoms with E-state index in [1.807, 2.05) is 6.92 Å². The molecule has 0 spiro atoms. The molecule has 17 heavy (non-hydrogen) atoms. The van der Waals surface area contributed by atoms with Gasteiger partial charge in [-0.05, 0) is 12.3 Å². The molecule has 0 fully saturated rings. The van der Waals surface area contributed by atoms with Crippen LogP contribution in [-0.4, -0.2) is 34.9 Å². The summed E-state index contributed by atoms with van der Waals surface area (Å²) in [6.45, 7) is 3.32. The summed E-state index contributed by atoms with van der Waals surface area (Å²) in [5.74, 6) is -1.50. The number of ether oxygens (including phenoxy) is 1. The number of aliphatic hydroxyl groups is 2. The number of hydrogen-bond acceptors (Lipinski definition) is 5. The Hall–Kier alpha value is -0.940. The molecule has 0 rings (SSSR count). The molecule has 0 radical (unpaired) electrons. The van der Waals surface area contributed by atoms with Crippen molar-refractivity contribution in [1.29, 1.82) is 0 Å². The molecule has 0 bridgehead atoms. The maximum Gasteiger partial charge on any atom is 0.345 e. The number of esters is 2. The first-order valence-electron chi connectivity index (χ1n) is 6.08. The van der Waals surface area contributed by atoms with Crippen molar-refractivity contribution < 1.29 is 24.5 Å². The molecule has 0 aliphatic carbocycles. The van der Waals surface area contributed by atoms with Crippen molar-refractivity contribution in [3.63, 3.8) is 0 Å². The van der Waals surface area contributed by atoms with E-state index in [1.54, 1.807) is 0 Å². The Bertz CT molecular complexity index is 239. The van der Waals surface area contributed by atoms with Crippen LogP contribution < -0.4 is 0 Å². The van der Waals surface area contributed by atoms with Crippen LogP contribution in [0.4, 0.5) is 0 Å². The maximum absolute atomic E-state index is 11.4. The van der Waals surface area contributed by atoms with Gasteiger partial charge in [-0.25, -0.2) is 4.79 Å². The lowest BCUT2D eigenvalue weighted by Crippen LogP contribution is -2.29. The molecule has 2 unspecified atom stereocenters. The summed E-state index contributed by atoms with van der Waals surface area (Å²) in [5.41, 5.74) is 0. The second-order valence-electron chi connectivity index (χ2n) is 4.11. The maximum atomic E-state index is 11.4. The molecule has 0 amide bonds. The summed E-state index contributed by atoms with van der Waals surface area (Å²) in [5, 5.41) is 17.4. The molecule has 0 aliphatic heterocycles. The van der Waals surface area contributed by atoms with E-state index in [0.717, 1.165) is 25.7 Å². The Morgan fingerprint density at radius 2 is 1.94 bits per heavy atom. The summed E-state index contributed by atoms with van der Waals surface area (Å²) >= 11 is 0. The molecule has 2 N–H and O–H groups in total. The van der Waals surface area contributed by atoms with Gasteiger partial charge in [0.1, 0.15) is 0 Å². The molecule has 0 saturated heterocycles. The van der Waals surface area contributed by atoms with Gasteiger partial charge in [-0.3, -0.25) is 4.79 Å². The number of carbonyl (C=O) groups excluding carboxylic acids is 2. The van der Waals surface area contributed by atoms with Gasteiger partial charge in [0, 0.05) is 6.42 Å². The number of hydrogen-bond donors (Lipinski definition) is 2. The van der Waals surface area contributed by atoms with Crippen LogP contribution >= 0.6 is 0 Å². The molecular weight excluding hydrogens is 224 g/mol. The van der Waals surface area contributed by atoms with Gasteiger partial charge in [-0.1, -0.05) is 33.1 Å². The first-order valence-corrected chi connectivity index (χ1v) is 6.08. The topological polar surface area (TPSA) is 83.8 Å². The second kappa shape index (κ2) is 9.13. The summed E-state index contributed by atoms with van der Waals surface area (Å²) in [7, 11) is 0. The molecule has 0 aliphatic rings. The van der Waals surface area contributed by atoms with Gasteiger partial charge in [-0.15, -0.1) is 0 Å². The summed E-state index contributed by atoms with van der Waals surface area (Å²) < 4.78 is 4.43. The first kappa shape index (κ1) is 16.1. The van der Waals surface area contributed by atoms with Gasteiger partial charge in [0.15, 0.2) is 6.10 Å². The van der Waals surface area contributed by atoms with Gasteiger partial charge in [0.05, 0.1) is 6.61 Å². The first-order chi connectivity index (χ1) is 8.04. The third-order valence-electron chi connectivity index (χ3n) is 2.66. The smallest absolute Gasteiger partial charge is 0.345 e. The van der Waals surface area contributed by atoms with Crippen molar-refractivity contribution in [3.05, 3.63) is 0 Å². The zero-order valence-electron chi connectivity index (χ0n) is 10.5. The lowest BCUT2D eigenvalue weighted by Gasteiger charge is -2.13. The molecule has 0 aromatic rings. The lowest BCUT2D eigenvalue weighted by molar-refractivity contribution is -0.167.